The Kier molecular flexibility index (Phi) is 10.2. The Labute approximate surface area is 333 Å². The summed E-state index contributed by atoms with van der Waals surface area (Å²) in [6.07, 6.45) is 0.241. The Balaban J connectivity index is 1.16. The number of carbonyl (C=O) groups is 4. The van der Waals surface area contributed by atoms with Crippen LogP contribution in [0, 0.1) is 5.82 Å². The maximum atomic E-state index is 15.3. The molecule has 1 aromatic heterocycles. The number of thiazole rings is 1. The number of halogens is 1. The lowest BCUT2D eigenvalue weighted by Crippen LogP contribution is -2.71. The van der Waals surface area contributed by atoms with E-state index in [0.29, 0.717) is 6.54 Å². The van der Waals surface area contributed by atoms with E-state index in [2.05, 4.69) is 20.8 Å². The van der Waals surface area contributed by atoms with Gasteiger partial charge in [0.25, 0.3) is 11.8 Å². The number of hydrogen-bond donors (Lipinski definition) is 4. The Hall–Kier alpha value is -6.58. The third-order valence-electron chi connectivity index (χ3n) is 9.93. The first kappa shape index (κ1) is 37.3. The summed E-state index contributed by atoms with van der Waals surface area (Å²) in [7, 11) is 0. The molecule has 57 heavy (non-hydrogen) atoms. The average Bonchev–Trinajstić information content (AvgIpc) is 3.87. The number of hydrogen-bond acceptors (Lipinski definition) is 10. The minimum absolute atomic E-state index is 0.00330. The molecule has 286 valence electrons. The van der Waals surface area contributed by atoms with Crippen LogP contribution in [0.4, 0.5) is 9.52 Å². The number of β-lactam (4-membered cyclic amide) rings is 1. The normalized spacial score (nSPS) is 19.0. The number of rotatable bonds is 11. The van der Waals surface area contributed by atoms with Crippen LogP contribution in [0.5, 0.6) is 0 Å². The van der Waals surface area contributed by atoms with Crippen LogP contribution in [-0.2, 0) is 29.6 Å². The second-order valence-electron chi connectivity index (χ2n) is 13.2. The molecule has 3 amide bonds. The number of anilines is 1. The number of carbonyl (C=O) groups excluding carboxylic acids is 3. The number of aliphatic carboxylic acids is 1. The van der Waals surface area contributed by atoms with Gasteiger partial charge in [0, 0.05) is 51.1 Å². The van der Waals surface area contributed by atoms with Crippen LogP contribution in [0.25, 0.3) is 5.57 Å². The van der Waals surface area contributed by atoms with Crippen LogP contribution in [-0.4, -0.2) is 68.1 Å². The average molecular weight is 801 g/mol. The highest BCUT2D eigenvalue weighted by Gasteiger charge is 2.55. The number of allylic oxidation sites excluding steroid dienone is 1. The summed E-state index contributed by atoms with van der Waals surface area (Å²) in [5, 5.41) is 21.4. The number of aromatic nitrogens is 1. The third-order valence-corrected chi connectivity index (χ3v) is 11.9. The molecule has 3 aliphatic rings. The molecule has 12 nitrogen and oxygen atoms in total. The smallest absolute Gasteiger partial charge is 0.352 e. The monoisotopic (exact) mass is 800 g/mol. The van der Waals surface area contributed by atoms with Crippen molar-refractivity contribution in [1.82, 2.24) is 20.5 Å². The number of carboxylic acids is 1. The first-order chi connectivity index (χ1) is 27.7. The van der Waals surface area contributed by atoms with Crippen molar-refractivity contribution < 1.29 is 33.5 Å². The number of thioether (sulfide) groups is 1. The lowest BCUT2D eigenvalue weighted by Gasteiger charge is -2.49. The van der Waals surface area contributed by atoms with Crippen LogP contribution in [0.1, 0.15) is 34.4 Å². The first-order valence-electron chi connectivity index (χ1n) is 17.8. The molecule has 5 N–H and O–H groups in total. The van der Waals surface area contributed by atoms with Crippen molar-refractivity contribution in [3.63, 3.8) is 0 Å². The quantitative estimate of drug-likeness (QED) is 0.0455. The Morgan fingerprint density at radius 3 is 2.05 bits per heavy atom. The Morgan fingerprint density at radius 2 is 1.53 bits per heavy atom. The van der Waals surface area contributed by atoms with Gasteiger partial charge < -0.3 is 26.3 Å². The van der Waals surface area contributed by atoms with Gasteiger partial charge in [0.15, 0.2) is 10.8 Å². The van der Waals surface area contributed by atoms with Crippen molar-refractivity contribution in [3.05, 3.63) is 171 Å². The van der Waals surface area contributed by atoms with Gasteiger partial charge in [-0.25, -0.2) is 14.2 Å². The molecule has 0 radical (unpaired) electrons. The summed E-state index contributed by atoms with van der Waals surface area (Å²) in [6.45, 7) is 0.301. The van der Waals surface area contributed by atoms with Gasteiger partial charge in [-0.3, -0.25) is 19.3 Å². The molecule has 2 saturated heterocycles. The second-order valence-corrected chi connectivity index (χ2v) is 15.2. The molecular weight excluding hydrogens is 768 g/mol. The van der Waals surface area contributed by atoms with E-state index in [-0.39, 0.29) is 56.7 Å². The molecule has 8 rings (SSSR count). The fourth-order valence-corrected chi connectivity index (χ4v) is 9.24. The molecule has 3 aliphatic heterocycles. The summed E-state index contributed by atoms with van der Waals surface area (Å²) < 4.78 is 15.3. The zero-order chi connectivity index (χ0) is 39.7. The Bertz CT molecular complexity index is 2390. The number of amides is 3. The molecule has 0 bridgehead atoms. The van der Waals surface area contributed by atoms with Gasteiger partial charge in [-0.2, -0.15) is 0 Å². The van der Waals surface area contributed by atoms with E-state index in [1.54, 1.807) is 11.4 Å². The highest BCUT2D eigenvalue weighted by Crippen LogP contribution is 2.46. The fourth-order valence-electron chi connectivity index (χ4n) is 7.34. The molecule has 4 heterocycles. The molecule has 0 saturated carbocycles. The molecule has 0 spiro atoms. The predicted octanol–water partition coefficient (Wildman–Crippen LogP) is 5.29. The lowest BCUT2D eigenvalue weighted by atomic mass is 9.80. The van der Waals surface area contributed by atoms with Crippen LogP contribution in [0.15, 0.2) is 143 Å². The number of nitrogens with zero attached hydrogens (tertiary/aromatic N) is 3. The SMILES string of the molecule is Nc1nc(C(=NOC(c2ccccc2)(c2ccccc2)c2ccccc2)C(=O)N[C@@H]2C(=O)N3C(C(=O)O)=C(C(=C4CCNC4=O)c4ccccc4F)CS[C@H]23)cs1. The van der Waals surface area contributed by atoms with Gasteiger partial charge in [0.05, 0.1) is 0 Å². The van der Waals surface area contributed by atoms with E-state index in [1.165, 1.54) is 30.0 Å². The van der Waals surface area contributed by atoms with Crippen LogP contribution < -0.4 is 16.4 Å². The van der Waals surface area contributed by atoms with E-state index in [1.807, 2.05) is 91.0 Å². The van der Waals surface area contributed by atoms with Crippen LogP contribution in [0.3, 0.4) is 0 Å². The molecule has 0 aliphatic carbocycles. The predicted molar refractivity (Wildman–Crippen MR) is 214 cm³/mol. The molecule has 0 unspecified atom stereocenters. The summed E-state index contributed by atoms with van der Waals surface area (Å²) in [5.74, 6) is -4.04. The Morgan fingerprint density at radius 1 is 0.930 bits per heavy atom. The minimum Gasteiger partial charge on any atom is -0.477 e. The lowest BCUT2D eigenvalue weighted by molar-refractivity contribution is -0.150. The number of benzene rings is 4. The van der Waals surface area contributed by atoms with Crippen molar-refractivity contribution in [3.8, 4) is 0 Å². The zero-order valence-electron chi connectivity index (χ0n) is 29.9. The largest absolute Gasteiger partial charge is 0.477 e. The van der Waals surface area contributed by atoms with E-state index >= 15 is 4.39 Å². The van der Waals surface area contributed by atoms with Crippen molar-refractivity contribution in [2.24, 2.45) is 5.16 Å². The fraction of sp³-hybridized carbons (Fsp3) is 0.143. The number of oxime groups is 1. The van der Waals surface area contributed by atoms with E-state index in [4.69, 9.17) is 10.6 Å². The van der Waals surface area contributed by atoms with Gasteiger partial charge in [-0.05, 0) is 18.1 Å². The molecular formula is C42H33FN6O6S2. The molecule has 4 aromatic carbocycles. The highest BCUT2D eigenvalue weighted by atomic mass is 32.2. The number of fused-ring (bicyclic) bond motifs is 1. The van der Waals surface area contributed by atoms with E-state index < -0.39 is 46.5 Å². The van der Waals surface area contributed by atoms with E-state index in [0.717, 1.165) is 32.9 Å². The summed E-state index contributed by atoms with van der Waals surface area (Å²) in [6, 6.07) is 32.8. The van der Waals surface area contributed by atoms with E-state index in [9.17, 15) is 24.3 Å². The number of nitrogens with two attached hydrogens (primary N) is 1. The van der Waals surface area contributed by atoms with Gasteiger partial charge in [-0.1, -0.05) is 114 Å². The highest BCUT2D eigenvalue weighted by molar-refractivity contribution is 8.00. The van der Waals surface area contributed by atoms with Crippen molar-refractivity contribution >= 4 is 63.2 Å². The van der Waals surface area contributed by atoms with Crippen LogP contribution in [0.2, 0.25) is 0 Å². The van der Waals surface area contributed by atoms with Gasteiger partial charge in [-0.15, -0.1) is 23.1 Å². The topological polar surface area (TPSA) is 176 Å². The van der Waals surface area contributed by atoms with Crippen LogP contribution >= 0.6 is 23.1 Å². The molecule has 2 fully saturated rings. The van der Waals surface area contributed by atoms with Crippen molar-refractivity contribution in [1.29, 1.82) is 0 Å². The van der Waals surface area contributed by atoms with Gasteiger partial charge >= 0.3 is 5.97 Å². The van der Waals surface area contributed by atoms with Crippen molar-refractivity contribution in [2.45, 2.75) is 23.4 Å². The zero-order valence-corrected chi connectivity index (χ0v) is 31.6. The van der Waals surface area contributed by atoms with Gasteiger partial charge in [0.1, 0.15) is 28.6 Å². The summed E-state index contributed by atoms with van der Waals surface area (Å²) >= 11 is 2.27. The minimum atomic E-state index is -1.44. The number of carboxylic acid groups (broad SMARTS) is 1. The molecule has 5 aromatic rings. The second kappa shape index (κ2) is 15.5. The van der Waals surface area contributed by atoms with Gasteiger partial charge in [0.2, 0.25) is 11.5 Å². The summed E-state index contributed by atoms with van der Waals surface area (Å²) in [5.41, 5.74) is 6.81. The number of nitrogens with one attached hydrogen (secondary N) is 2. The molecule has 2 atom stereocenters. The number of nitrogen functional groups attached to an aromatic ring is 1. The maximum Gasteiger partial charge on any atom is 0.352 e. The standard InChI is InChI=1S/C42H33FN6O6S2/c43-30-19-11-10-18-27(30)32(28-20-21-45-36(28)50)29-22-56-39-34(38(52)49(39)35(29)40(53)54)47-37(51)33(31-23-57-41(44)46-31)48-55-42(24-12-4-1-5-13-24,25-14-6-2-7-15-25)26-16-8-3-9-17-26/h1-19,23,34,39H,20-22H2,(H2,44,46)(H,45,50)(H,47,51)(H,53,54)/t34-,39-/m1/s1. The molecule has 15 heteroatoms. The van der Waals surface area contributed by atoms with Crippen molar-refractivity contribution in [2.75, 3.05) is 18.0 Å². The maximum absolute atomic E-state index is 15.3. The first-order valence-corrected chi connectivity index (χ1v) is 19.7. The summed E-state index contributed by atoms with van der Waals surface area (Å²) in [4.78, 5) is 66.2. The third kappa shape index (κ3) is 6.74.